The van der Waals surface area contributed by atoms with Crippen LogP contribution in [-0.2, 0) is 6.42 Å². The summed E-state index contributed by atoms with van der Waals surface area (Å²) in [7, 11) is 0. The number of nitrogens with zero attached hydrogens (tertiary/aromatic N) is 1. The van der Waals surface area contributed by atoms with Gasteiger partial charge >= 0.3 is 0 Å². The van der Waals surface area contributed by atoms with E-state index in [9.17, 15) is 0 Å². The molecule has 0 bridgehead atoms. The van der Waals surface area contributed by atoms with Gasteiger partial charge in [0.25, 0.3) is 0 Å². The van der Waals surface area contributed by atoms with Crippen molar-refractivity contribution in [3.05, 3.63) is 54.1 Å². The van der Waals surface area contributed by atoms with Crippen molar-refractivity contribution in [1.82, 2.24) is 9.97 Å². The lowest BCUT2D eigenvalue weighted by Gasteiger charge is -2.26. The largest absolute Gasteiger partial charge is 0.348 e. The molecule has 0 aliphatic heterocycles. The second kappa shape index (κ2) is 20.6. The standard InChI is InChI=1S/C33H56N2/c1-3-5-7-9-11-12-13-14-15-16-21-25-31(29-30-23-19-18-20-24-30)32(33-34-27-28-35-33)26-22-17-10-8-6-4-2/h18-20,23-24,27-28,31-32H,3-17,21-22,25-26,29H2,1-2H3,(H,34,35). The number of imidazole rings is 1. The van der Waals surface area contributed by atoms with Gasteiger partial charge in [0.1, 0.15) is 5.82 Å². The molecule has 0 aliphatic rings. The van der Waals surface area contributed by atoms with Crippen LogP contribution in [0.2, 0.25) is 0 Å². The first-order valence-electron chi connectivity index (χ1n) is 15.4. The summed E-state index contributed by atoms with van der Waals surface area (Å²) in [5.41, 5.74) is 1.49. The predicted molar refractivity (Wildman–Crippen MR) is 154 cm³/mol. The van der Waals surface area contributed by atoms with Gasteiger partial charge in [0.05, 0.1) is 0 Å². The van der Waals surface area contributed by atoms with Gasteiger partial charge in [-0.2, -0.15) is 0 Å². The molecule has 1 aromatic carbocycles. The van der Waals surface area contributed by atoms with E-state index < -0.39 is 0 Å². The van der Waals surface area contributed by atoms with Crippen LogP contribution in [0.25, 0.3) is 0 Å². The first kappa shape index (κ1) is 29.7. The summed E-state index contributed by atoms with van der Waals surface area (Å²) in [5, 5.41) is 0. The van der Waals surface area contributed by atoms with E-state index >= 15 is 0 Å². The van der Waals surface area contributed by atoms with Gasteiger partial charge in [-0.1, -0.05) is 153 Å². The Kier molecular flexibility index (Phi) is 17.5. The van der Waals surface area contributed by atoms with Crippen molar-refractivity contribution in [2.45, 2.75) is 148 Å². The van der Waals surface area contributed by atoms with Crippen LogP contribution in [0.15, 0.2) is 42.7 Å². The molecule has 1 heterocycles. The summed E-state index contributed by atoms with van der Waals surface area (Å²) in [6, 6.07) is 11.2. The number of hydrogen-bond donors (Lipinski definition) is 1. The van der Waals surface area contributed by atoms with E-state index in [4.69, 9.17) is 4.98 Å². The molecule has 2 atom stereocenters. The molecule has 2 nitrogen and oxygen atoms in total. The van der Waals surface area contributed by atoms with Crippen LogP contribution in [0.4, 0.5) is 0 Å². The Morgan fingerprint density at radius 3 is 1.66 bits per heavy atom. The molecule has 2 aromatic rings. The lowest BCUT2D eigenvalue weighted by molar-refractivity contribution is 0.339. The zero-order valence-corrected chi connectivity index (χ0v) is 23.3. The summed E-state index contributed by atoms with van der Waals surface area (Å²) in [4.78, 5) is 8.25. The van der Waals surface area contributed by atoms with Gasteiger partial charge in [0, 0.05) is 18.3 Å². The molecule has 0 saturated heterocycles. The molecule has 2 heteroatoms. The number of aromatic nitrogens is 2. The first-order valence-corrected chi connectivity index (χ1v) is 15.4. The summed E-state index contributed by atoms with van der Waals surface area (Å²) in [6.07, 6.45) is 31.5. The number of aromatic amines is 1. The molecule has 0 saturated carbocycles. The lowest BCUT2D eigenvalue weighted by Crippen LogP contribution is -2.18. The molecule has 1 N–H and O–H groups in total. The molecule has 0 fully saturated rings. The third-order valence-corrected chi connectivity index (χ3v) is 7.83. The first-order chi connectivity index (χ1) is 17.3. The van der Waals surface area contributed by atoms with Crippen molar-refractivity contribution < 1.29 is 0 Å². The second-order valence-corrected chi connectivity index (χ2v) is 10.9. The molecule has 2 unspecified atom stereocenters. The summed E-state index contributed by atoms with van der Waals surface area (Å²) >= 11 is 0. The molecular formula is C33H56N2. The number of rotatable bonds is 23. The van der Waals surface area contributed by atoms with Crippen LogP contribution < -0.4 is 0 Å². The number of H-pyrrole nitrogens is 1. The predicted octanol–water partition coefficient (Wildman–Crippen LogP) is 10.8. The lowest BCUT2D eigenvalue weighted by atomic mass is 9.79. The third kappa shape index (κ3) is 13.9. The van der Waals surface area contributed by atoms with E-state index in [-0.39, 0.29) is 0 Å². The highest BCUT2D eigenvalue weighted by molar-refractivity contribution is 5.16. The van der Waals surface area contributed by atoms with Crippen LogP contribution in [0.3, 0.4) is 0 Å². The average molecular weight is 481 g/mol. The minimum Gasteiger partial charge on any atom is -0.348 e. The van der Waals surface area contributed by atoms with E-state index in [1.165, 1.54) is 140 Å². The van der Waals surface area contributed by atoms with E-state index in [2.05, 4.69) is 49.2 Å². The minimum atomic E-state index is 0.555. The maximum atomic E-state index is 4.76. The highest BCUT2D eigenvalue weighted by atomic mass is 14.9. The molecule has 0 amide bonds. The van der Waals surface area contributed by atoms with Crippen molar-refractivity contribution in [2.75, 3.05) is 0 Å². The van der Waals surface area contributed by atoms with Crippen LogP contribution in [0, 0.1) is 5.92 Å². The average Bonchev–Trinajstić information content (AvgIpc) is 3.41. The summed E-state index contributed by atoms with van der Waals surface area (Å²) in [5.74, 6) is 2.46. The molecule has 2 rings (SSSR count). The van der Waals surface area contributed by atoms with Crippen LogP contribution in [0.5, 0.6) is 0 Å². The molecule has 0 aliphatic carbocycles. The van der Waals surface area contributed by atoms with Gasteiger partial charge in [0.2, 0.25) is 0 Å². The van der Waals surface area contributed by atoms with Gasteiger partial charge in [-0.3, -0.25) is 0 Å². The zero-order chi connectivity index (χ0) is 24.8. The topological polar surface area (TPSA) is 28.7 Å². The van der Waals surface area contributed by atoms with Crippen LogP contribution in [0.1, 0.15) is 153 Å². The molecule has 35 heavy (non-hydrogen) atoms. The quantitative estimate of drug-likeness (QED) is 0.157. The Morgan fingerprint density at radius 2 is 1.14 bits per heavy atom. The van der Waals surface area contributed by atoms with Crippen LogP contribution in [-0.4, -0.2) is 9.97 Å². The van der Waals surface area contributed by atoms with Crippen LogP contribution >= 0.6 is 0 Å². The smallest absolute Gasteiger partial charge is 0.109 e. The number of nitrogens with one attached hydrogen (secondary N) is 1. The van der Waals surface area contributed by atoms with Gasteiger partial charge in [-0.05, 0) is 30.7 Å². The fraction of sp³-hybridized carbons (Fsp3) is 0.727. The summed E-state index contributed by atoms with van der Waals surface area (Å²) in [6.45, 7) is 4.60. The second-order valence-electron chi connectivity index (χ2n) is 10.9. The highest BCUT2D eigenvalue weighted by Crippen LogP contribution is 2.34. The molecule has 0 radical (unpaired) electrons. The highest BCUT2D eigenvalue weighted by Gasteiger charge is 2.25. The van der Waals surface area contributed by atoms with Gasteiger partial charge in [-0.15, -0.1) is 0 Å². The normalized spacial score (nSPS) is 13.2. The van der Waals surface area contributed by atoms with E-state index in [0.717, 1.165) is 0 Å². The Hall–Kier alpha value is -1.57. The van der Waals surface area contributed by atoms with Crippen molar-refractivity contribution >= 4 is 0 Å². The van der Waals surface area contributed by atoms with Crippen molar-refractivity contribution in [3.63, 3.8) is 0 Å². The van der Waals surface area contributed by atoms with Gasteiger partial charge < -0.3 is 4.98 Å². The molecule has 0 spiro atoms. The van der Waals surface area contributed by atoms with Crippen molar-refractivity contribution in [1.29, 1.82) is 0 Å². The van der Waals surface area contributed by atoms with E-state index in [1.807, 2.05) is 12.4 Å². The van der Waals surface area contributed by atoms with Gasteiger partial charge in [0.15, 0.2) is 0 Å². The maximum Gasteiger partial charge on any atom is 0.109 e. The zero-order valence-electron chi connectivity index (χ0n) is 23.3. The maximum absolute atomic E-state index is 4.76. The fourth-order valence-corrected chi connectivity index (χ4v) is 5.65. The van der Waals surface area contributed by atoms with Crippen molar-refractivity contribution in [3.8, 4) is 0 Å². The van der Waals surface area contributed by atoms with E-state index in [0.29, 0.717) is 11.8 Å². The monoisotopic (exact) mass is 480 g/mol. The number of unbranched alkanes of at least 4 members (excludes halogenated alkanes) is 15. The summed E-state index contributed by atoms with van der Waals surface area (Å²) < 4.78 is 0. The SMILES string of the molecule is CCCCCCCCCCCCCC(Cc1ccccc1)C(CCCCCCCC)c1ncc[nH]1. The number of benzene rings is 1. The minimum absolute atomic E-state index is 0.555. The Labute approximate surface area is 218 Å². The van der Waals surface area contributed by atoms with Gasteiger partial charge in [-0.25, -0.2) is 4.98 Å². The number of hydrogen-bond acceptors (Lipinski definition) is 1. The molecular weight excluding hydrogens is 424 g/mol. The third-order valence-electron chi connectivity index (χ3n) is 7.83. The van der Waals surface area contributed by atoms with E-state index in [1.54, 1.807) is 0 Å². The molecule has 198 valence electrons. The fourth-order valence-electron chi connectivity index (χ4n) is 5.65. The Balaban J connectivity index is 1.81. The molecule has 1 aromatic heterocycles. The van der Waals surface area contributed by atoms with Crippen molar-refractivity contribution in [2.24, 2.45) is 5.92 Å². The Bertz CT molecular complexity index is 678. The Morgan fingerprint density at radius 1 is 0.629 bits per heavy atom.